The van der Waals surface area contributed by atoms with E-state index >= 15 is 0 Å². The van der Waals surface area contributed by atoms with Crippen molar-refractivity contribution in [2.24, 2.45) is 10.8 Å². The SMILES string of the molecule is C=CC1(C)CC1(CO)C(=O)OCC. The molecule has 1 aliphatic carbocycles. The number of hydrogen-bond donors (Lipinski definition) is 1. The number of esters is 1. The topological polar surface area (TPSA) is 46.5 Å². The van der Waals surface area contributed by atoms with E-state index in [0.717, 1.165) is 0 Å². The Kier molecular flexibility index (Phi) is 2.48. The molecule has 0 radical (unpaired) electrons. The van der Waals surface area contributed by atoms with Gasteiger partial charge in [-0.15, -0.1) is 6.58 Å². The molecule has 0 bridgehead atoms. The van der Waals surface area contributed by atoms with E-state index < -0.39 is 5.41 Å². The molecule has 0 spiro atoms. The van der Waals surface area contributed by atoms with Crippen molar-refractivity contribution in [3.8, 4) is 0 Å². The summed E-state index contributed by atoms with van der Waals surface area (Å²) in [6.45, 7) is 7.53. The van der Waals surface area contributed by atoms with Gasteiger partial charge in [0.1, 0.15) is 5.41 Å². The van der Waals surface area contributed by atoms with Crippen molar-refractivity contribution in [2.75, 3.05) is 13.2 Å². The summed E-state index contributed by atoms with van der Waals surface area (Å²) < 4.78 is 4.91. The van der Waals surface area contributed by atoms with Crippen LogP contribution < -0.4 is 0 Å². The normalized spacial score (nSPS) is 36.8. The van der Waals surface area contributed by atoms with E-state index in [4.69, 9.17) is 4.74 Å². The third-order valence-electron chi connectivity index (χ3n) is 3.02. The first kappa shape index (κ1) is 10.3. The molecule has 1 N–H and O–H groups in total. The molecule has 3 heteroatoms. The molecule has 2 atom stereocenters. The second-order valence-corrected chi connectivity index (χ2v) is 3.76. The summed E-state index contributed by atoms with van der Waals surface area (Å²) in [5.74, 6) is -0.306. The highest BCUT2D eigenvalue weighted by atomic mass is 16.5. The lowest BCUT2D eigenvalue weighted by Crippen LogP contribution is -2.27. The molecule has 0 aromatic heterocycles. The molecule has 0 amide bonds. The number of carbonyl (C=O) groups excluding carboxylic acids is 1. The van der Waals surface area contributed by atoms with Gasteiger partial charge in [0, 0.05) is 5.41 Å². The van der Waals surface area contributed by atoms with Crippen LogP contribution in [0.25, 0.3) is 0 Å². The quantitative estimate of drug-likeness (QED) is 0.526. The Morgan fingerprint density at radius 2 is 2.38 bits per heavy atom. The lowest BCUT2D eigenvalue weighted by atomic mass is 9.95. The van der Waals surface area contributed by atoms with Gasteiger partial charge in [0.25, 0.3) is 0 Å². The Morgan fingerprint density at radius 1 is 1.77 bits per heavy atom. The van der Waals surface area contributed by atoms with Crippen LogP contribution in [0.5, 0.6) is 0 Å². The Bertz CT molecular complexity index is 236. The van der Waals surface area contributed by atoms with E-state index in [2.05, 4.69) is 6.58 Å². The van der Waals surface area contributed by atoms with Crippen molar-refractivity contribution in [3.05, 3.63) is 12.7 Å². The van der Waals surface area contributed by atoms with Crippen molar-refractivity contribution in [1.29, 1.82) is 0 Å². The first-order valence-corrected chi connectivity index (χ1v) is 4.48. The zero-order valence-electron chi connectivity index (χ0n) is 8.17. The number of aliphatic hydroxyl groups excluding tert-OH is 1. The fraction of sp³-hybridized carbons (Fsp3) is 0.700. The number of allylic oxidation sites excluding steroid dienone is 1. The largest absolute Gasteiger partial charge is 0.465 e. The second kappa shape index (κ2) is 3.14. The van der Waals surface area contributed by atoms with E-state index in [1.165, 1.54) is 0 Å². The minimum absolute atomic E-state index is 0.158. The summed E-state index contributed by atoms with van der Waals surface area (Å²) in [5.41, 5.74) is -1.00. The minimum Gasteiger partial charge on any atom is -0.465 e. The number of ether oxygens (including phenoxy) is 1. The smallest absolute Gasteiger partial charge is 0.315 e. The molecule has 74 valence electrons. The second-order valence-electron chi connectivity index (χ2n) is 3.76. The molecule has 0 aromatic carbocycles. The summed E-state index contributed by atoms with van der Waals surface area (Å²) in [4.78, 5) is 11.5. The van der Waals surface area contributed by atoms with Gasteiger partial charge in [0.05, 0.1) is 13.2 Å². The molecule has 0 heterocycles. The standard InChI is InChI=1S/C10H16O3/c1-4-9(3)6-10(9,7-11)8(12)13-5-2/h4,11H,1,5-7H2,2-3H3. The van der Waals surface area contributed by atoms with Crippen LogP contribution in [0, 0.1) is 10.8 Å². The highest BCUT2D eigenvalue weighted by molar-refractivity contribution is 5.82. The number of hydrogen-bond acceptors (Lipinski definition) is 3. The van der Waals surface area contributed by atoms with Crippen LogP contribution in [-0.2, 0) is 9.53 Å². The lowest BCUT2D eigenvalue weighted by molar-refractivity contribution is -0.152. The lowest BCUT2D eigenvalue weighted by Gasteiger charge is -2.15. The molecule has 0 aromatic rings. The van der Waals surface area contributed by atoms with Crippen LogP contribution in [0.1, 0.15) is 20.3 Å². The molecule has 1 fully saturated rings. The molecule has 0 aliphatic heterocycles. The van der Waals surface area contributed by atoms with Crippen LogP contribution in [0.3, 0.4) is 0 Å². The fourth-order valence-corrected chi connectivity index (χ4v) is 1.73. The molecule has 1 aliphatic rings. The summed E-state index contributed by atoms with van der Waals surface area (Å²) in [7, 11) is 0. The highest BCUT2D eigenvalue weighted by Gasteiger charge is 2.68. The summed E-state index contributed by atoms with van der Waals surface area (Å²) in [5, 5.41) is 9.17. The molecule has 2 unspecified atom stereocenters. The van der Waals surface area contributed by atoms with Gasteiger partial charge in [-0.3, -0.25) is 4.79 Å². The number of rotatable bonds is 4. The number of aliphatic hydroxyl groups is 1. The molecule has 1 saturated carbocycles. The summed E-state index contributed by atoms with van der Waals surface area (Å²) in [6, 6.07) is 0. The number of carbonyl (C=O) groups is 1. The summed E-state index contributed by atoms with van der Waals surface area (Å²) >= 11 is 0. The average molecular weight is 184 g/mol. The van der Waals surface area contributed by atoms with Crippen LogP contribution in [0.2, 0.25) is 0 Å². The zero-order valence-corrected chi connectivity index (χ0v) is 8.17. The van der Waals surface area contributed by atoms with Gasteiger partial charge in [-0.2, -0.15) is 0 Å². The van der Waals surface area contributed by atoms with Crippen LogP contribution >= 0.6 is 0 Å². The van der Waals surface area contributed by atoms with Crippen molar-refractivity contribution in [3.63, 3.8) is 0 Å². The molecule has 0 saturated heterocycles. The van der Waals surface area contributed by atoms with Crippen molar-refractivity contribution in [2.45, 2.75) is 20.3 Å². The third-order valence-corrected chi connectivity index (χ3v) is 3.02. The molecular weight excluding hydrogens is 168 g/mol. The molecule has 3 nitrogen and oxygen atoms in total. The average Bonchev–Trinajstić information content (AvgIpc) is 2.75. The van der Waals surface area contributed by atoms with Gasteiger partial charge in [-0.25, -0.2) is 0 Å². The van der Waals surface area contributed by atoms with E-state index in [9.17, 15) is 9.90 Å². The van der Waals surface area contributed by atoms with Gasteiger partial charge in [0.2, 0.25) is 0 Å². The predicted octanol–water partition coefficient (Wildman–Crippen LogP) is 1.12. The third kappa shape index (κ3) is 1.27. The Morgan fingerprint density at radius 3 is 2.69 bits per heavy atom. The first-order chi connectivity index (χ1) is 6.06. The minimum atomic E-state index is -0.718. The van der Waals surface area contributed by atoms with E-state index in [1.54, 1.807) is 13.0 Å². The van der Waals surface area contributed by atoms with Gasteiger partial charge in [-0.05, 0) is 13.3 Å². The van der Waals surface area contributed by atoms with Crippen molar-refractivity contribution < 1.29 is 14.6 Å². The summed E-state index contributed by atoms with van der Waals surface area (Å²) in [6.07, 6.45) is 2.36. The highest BCUT2D eigenvalue weighted by Crippen LogP contribution is 2.64. The molecule has 13 heavy (non-hydrogen) atoms. The van der Waals surface area contributed by atoms with Gasteiger partial charge in [0.15, 0.2) is 0 Å². The fourth-order valence-electron chi connectivity index (χ4n) is 1.73. The van der Waals surface area contributed by atoms with Crippen molar-refractivity contribution in [1.82, 2.24) is 0 Å². The molecular formula is C10H16O3. The van der Waals surface area contributed by atoms with E-state index in [-0.39, 0.29) is 18.0 Å². The Balaban J connectivity index is 2.76. The predicted molar refractivity (Wildman–Crippen MR) is 49.1 cm³/mol. The van der Waals surface area contributed by atoms with Gasteiger partial charge in [-0.1, -0.05) is 13.0 Å². The molecule has 1 rings (SSSR count). The maximum absolute atomic E-state index is 11.5. The van der Waals surface area contributed by atoms with Gasteiger partial charge < -0.3 is 9.84 Å². The Labute approximate surface area is 78.4 Å². The van der Waals surface area contributed by atoms with Crippen LogP contribution in [0.15, 0.2) is 12.7 Å². The van der Waals surface area contributed by atoms with Crippen molar-refractivity contribution >= 4 is 5.97 Å². The Hall–Kier alpha value is -0.830. The van der Waals surface area contributed by atoms with Crippen LogP contribution in [-0.4, -0.2) is 24.3 Å². The van der Waals surface area contributed by atoms with Crippen LogP contribution in [0.4, 0.5) is 0 Å². The maximum Gasteiger partial charge on any atom is 0.315 e. The van der Waals surface area contributed by atoms with E-state index in [1.807, 2.05) is 6.92 Å². The maximum atomic E-state index is 11.5. The zero-order chi connectivity index (χ0) is 10.1. The van der Waals surface area contributed by atoms with E-state index in [0.29, 0.717) is 13.0 Å². The monoisotopic (exact) mass is 184 g/mol. The van der Waals surface area contributed by atoms with Gasteiger partial charge >= 0.3 is 5.97 Å². The first-order valence-electron chi connectivity index (χ1n) is 4.48.